The van der Waals surface area contributed by atoms with E-state index in [9.17, 15) is 4.79 Å². The predicted molar refractivity (Wildman–Crippen MR) is 152 cm³/mol. The molecule has 0 spiro atoms. The molecule has 5 nitrogen and oxygen atoms in total. The van der Waals surface area contributed by atoms with Crippen molar-refractivity contribution in [3.05, 3.63) is 88.9 Å². The molecule has 0 aliphatic rings. The molecule has 8 heteroatoms. The molecule has 0 fully saturated rings. The van der Waals surface area contributed by atoms with Crippen molar-refractivity contribution in [1.82, 2.24) is 14.9 Å². The molecule has 0 bridgehead atoms. The van der Waals surface area contributed by atoms with Gasteiger partial charge >= 0.3 is 6.03 Å². The number of thioether (sulfide) groups is 1. The SMILES string of the molecule is CCCn1c(SCCCNC(=O)Nc2cccc(Cl)c2Cl)nc(-c2ccccc2)c1-c1ccccc1. The summed E-state index contributed by atoms with van der Waals surface area (Å²) in [6, 6.07) is 25.6. The van der Waals surface area contributed by atoms with Crippen LogP contribution in [0.3, 0.4) is 0 Å². The van der Waals surface area contributed by atoms with Crippen LogP contribution in [0.5, 0.6) is 0 Å². The quantitative estimate of drug-likeness (QED) is 0.158. The van der Waals surface area contributed by atoms with Crippen molar-refractivity contribution in [2.24, 2.45) is 0 Å². The molecule has 1 heterocycles. The molecule has 0 aliphatic heterocycles. The van der Waals surface area contributed by atoms with Gasteiger partial charge in [0.2, 0.25) is 0 Å². The molecule has 0 atom stereocenters. The second-order valence-electron chi connectivity index (χ2n) is 8.16. The number of aromatic nitrogens is 2. The Morgan fingerprint density at radius 3 is 2.33 bits per heavy atom. The second-order valence-corrected chi connectivity index (χ2v) is 10.0. The molecule has 2 amide bonds. The fourth-order valence-corrected chi connectivity index (χ4v) is 5.18. The summed E-state index contributed by atoms with van der Waals surface area (Å²) >= 11 is 13.9. The van der Waals surface area contributed by atoms with E-state index in [2.05, 4.69) is 58.5 Å². The summed E-state index contributed by atoms with van der Waals surface area (Å²) in [5.41, 5.74) is 4.88. The van der Waals surface area contributed by atoms with Crippen LogP contribution in [0, 0.1) is 0 Å². The van der Waals surface area contributed by atoms with Crippen LogP contribution in [-0.4, -0.2) is 27.9 Å². The Morgan fingerprint density at radius 1 is 0.944 bits per heavy atom. The summed E-state index contributed by atoms with van der Waals surface area (Å²) in [7, 11) is 0. The standard InChI is InChI=1S/C28H28Cl2N4OS/c1-2-18-34-26(21-13-7-4-8-14-21)25(20-11-5-3-6-12-20)33-28(34)36-19-10-17-31-27(35)32-23-16-9-15-22(29)24(23)30/h3-9,11-16H,2,10,17-19H2,1H3,(H2,31,32,35). The third-order valence-corrected chi connectivity index (χ3v) is 7.39. The molecular weight excluding hydrogens is 511 g/mol. The second kappa shape index (κ2) is 12.9. The van der Waals surface area contributed by atoms with Crippen LogP contribution in [0.25, 0.3) is 22.5 Å². The fourth-order valence-electron chi connectivity index (χ4n) is 3.86. The van der Waals surface area contributed by atoms with E-state index in [0.717, 1.165) is 52.8 Å². The van der Waals surface area contributed by atoms with E-state index < -0.39 is 0 Å². The van der Waals surface area contributed by atoms with Gasteiger partial charge in [0, 0.05) is 30.0 Å². The molecule has 3 aromatic carbocycles. The van der Waals surface area contributed by atoms with Crippen molar-refractivity contribution < 1.29 is 4.79 Å². The highest BCUT2D eigenvalue weighted by Gasteiger charge is 2.20. The number of imidazole rings is 1. The van der Waals surface area contributed by atoms with Gasteiger partial charge in [-0.2, -0.15) is 0 Å². The van der Waals surface area contributed by atoms with E-state index in [-0.39, 0.29) is 6.03 Å². The molecule has 4 rings (SSSR count). The topological polar surface area (TPSA) is 59.0 Å². The van der Waals surface area contributed by atoms with Crippen molar-refractivity contribution in [1.29, 1.82) is 0 Å². The number of benzene rings is 3. The lowest BCUT2D eigenvalue weighted by molar-refractivity contribution is 0.252. The van der Waals surface area contributed by atoms with Crippen LogP contribution >= 0.6 is 35.0 Å². The van der Waals surface area contributed by atoms with E-state index in [1.807, 2.05) is 24.3 Å². The number of amides is 2. The van der Waals surface area contributed by atoms with Crippen LogP contribution in [-0.2, 0) is 6.54 Å². The van der Waals surface area contributed by atoms with E-state index in [1.165, 1.54) is 0 Å². The maximum atomic E-state index is 12.3. The minimum atomic E-state index is -0.311. The molecule has 1 aromatic heterocycles. The minimum Gasteiger partial charge on any atom is -0.338 e. The average molecular weight is 540 g/mol. The number of rotatable bonds is 10. The molecule has 0 saturated heterocycles. The Balaban J connectivity index is 1.43. The van der Waals surface area contributed by atoms with E-state index in [4.69, 9.17) is 28.2 Å². The molecule has 36 heavy (non-hydrogen) atoms. The zero-order valence-corrected chi connectivity index (χ0v) is 22.3. The number of nitrogens with zero attached hydrogens (tertiary/aromatic N) is 2. The van der Waals surface area contributed by atoms with E-state index in [1.54, 1.807) is 30.0 Å². The molecular formula is C28H28Cl2N4OS. The van der Waals surface area contributed by atoms with Crippen LogP contribution in [0.15, 0.2) is 84.0 Å². The first-order chi connectivity index (χ1) is 17.6. The summed E-state index contributed by atoms with van der Waals surface area (Å²) in [4.78, 5) is 17.3. The molecule has 0 aliphatic carbocycles. The Morgan fingerprint density at radius 2 is 1.64 bits per heavy atom. The number of halogens is 2. The fraction of sp³-hybridized carbons (Fsp3) is 0.214. The monoisotopic (exact) mass is 538 g/mol. The number of hydrogen-bond donors (Lipinski definition) is 2. The molecule has 186 valence electrons. The predicted octanol–water partition coefficient (Wildman–Crippen LogP) is 8.24. The van der Waals surface area contributed by atoms with Crippen molar-refractivity contribution >= 4 is 46.7 Å². The minimum absolute atomic E-state index is 0.311. The Hall–Kier alpha value is -2.93. The third kappa shape index (κ3) is 6.44. The highest BCUT2D eigenvalue weighted by molar-refractivity contribution is 7.99. The smallest absolute Gasteiger partial charge is 0.319 e. The van der Waals surface area contributed by atoms with Gasteiger partial charge in [-0.3, -0.25) is 0 Å². The van der Waals surface area contributed by atoms with E-state index >= 15 is 0 Å². The summed E-state index contributed by atoms with van der Waals surface area (Å²) in [6.45, 7) is 3.59. The number of urea groups is 1. The lowest BCUT2D eigenvalue weighted by Gasteiger charge is -2.12. The zero-order chi connectivity index (χ0) is 25.3. The number of hydrogen-bond acceptors (Lipinski definition) is 3. The highest BCUT2D eigenvalue weighted by atomic mass is 35.5. The molecule has 2 N–H and O–H groups in total. The van der Waals surface area contributed by atoms with Gasteiger partial charge in [0.25, 0.3) is 0 Å². The van der Waals surface area contributed by atoms with Gasteiger partial charge in [0.15, 0.2) is 5.16 Å². The van der Waals surface area contributed by atoms with Gasteiger partial charge in [-0.15, -0.1) is 0 Å². The number of anilines is 1. The highest BCUT2D eigenvalue weighted by Crippen LogP contribution is 2.36. The molecule has 0 saturated carbocycles. The third-order valence-electron chi connectivity index (χ3n) is 5.51. The van der Waals surface area contributed by atoms with Gasteiger partial charge in [-0.1, -0.05) is 109 Å². The zero-order valence-electron chi connectivity index (χ0n) is 20.0. The lowest BCUT2D eigenvalue weighted by atomic mass is 10.0. The Kier molecular flexibility index (Phi) is 9.34. The lowest BCUT2D eigenvalue weighted by Crippen LogP contribution is -2.29. The Labute approximate surface area is 226 Å². The van der Waals surface area contributed by atoms with Crippen LogP contribution in [0.1, 0.15) is 19.8 Å². The van der Waals surface area contributed by atoms with Gasteiger partial charge in [-0.25, -0.2) is 9.78 Å². The van der Waals surface area contributed by atoms with E-state index in [0.29, 0.717) is 22.3 Å². The normalized spacial score (nSPS) is 10.9. The Bertz CT molecular complexity index is 1300. The van der Waals surface area contributed by atoms with Crippen molar-refractivity contribution in [2.75, 3.05) is 17.6 Å². The van der Waals surface area contributed by atoms with Crippen molar-refractivity contribution in [3.8, 4) is 22.5 Å². The maximum Gasteiger partial charge on any atom is 0.319 e. The van der Waals surface area contributed by atoms with Crippen LogP contribution in [0.4, 0.5) is 10.5 Å². The maximum absolute atomic E-state index is 12.3. The first-order valence-electron chi connectivity index (χ1n) is 11.9. The van der Waals surface area contributed by atoms with Crippen LogP contribution < -0.4 is 10.6 Å². The number of carbonyl (C=O) groups is 1. The van der Waals surface area contributed by atoms with Gasteiger partial charge < -0.3 is 15.2 Å². The summed E-state index contributed by atoms with van der Waals surface area (Å²) in [5, 5.41) is 7.34. The first kappa shape index (κ1) is 26.1. The average Bonchev–Trinajstić information content (AvgIpc) is 3.26. The number of carbonyl (C=O) groups excluding carboxylic acids is 1. The summed E-state index contributed by atoms with van der Waals surface area (Å²) < 4.78 is 2.32. The van der Waals surface area contributed by atoms with Gasteiger partial charge in [0.1, 0.15) is 0 Å². The largest absolute Gasteiger partial charge is 0.338 e. The van der Waals surface area contributed by atoms with Gasteiger partial charge in [0.05, 0.1) is 27.1 Å². The van der Waals surface area contributed by atoms with Gasteiger partial charge in [-0.05, 0) is 25.0 Å². The van der Waals surface area contributed by atoms with Crippen molar-refractivity contribution in [2.45, 2.75) is 31.5 Å². The van der Waals surface area contributed by atoms with Crippen molar-refractivity contribution in [3.63, 3.8) is 0 Å². The molecule has 0 radical (unpaired) electrons. The van der Waals surface area contributed by atoms with Crippen LogP contribution in [0.2, 0.25) is 10.0 Å². The summed E-state index contributed by atoms with van der Waals surface area (Å²) in [5.74, 6) is 0.821. The first-order valence-corrected chi connectivity index (χ1v) is 13.7. The molecule has 0 unspecified atom stereocenters. The summed E-state index contributed by atoms with van der Waals surface area (Å²) in [6.07, 6.45) is 1.80. The number of nitrogens with one attached hydrogen (secondary N) is 2. The molecule has 4 aromatic rings.